The number of aromatic nitrogens is 1. The SMILES string of the molecule is CCN(C(=O)c1csc(C2CCN(C(=O)NCCC3=CCCCC3)CC2)n1)c1ccc2c(c1)OCO2. The number of piperidine rings is 1. The number of fused-ring (bicyclic) bond motifs is 1. The predicted molar refractivity (Wildman–Crippen MR) is 140 cm³/mol. The molecule has 3 heterocycles. The molecule has 2 aromatic rings. The van der Waals surface area contributed by atoms with Crippen molar-refractivity contribution in [3.63, 3.8) is 0 Å². The monoisotopic (exact) mass is 510 g/mol. The van der Waals surface area contributed by atoms with Gasteiger partial charge in [-0.05, 0) is 64.0 Å². The predicted octanol–water partition coefficient (Wildman–Crippen LogP) is 5.32. The van der Waals surface area contributed by atoms with Gasteiger partial charge in [0.2, 0.25) is 6.79 Å². The molecule has 9 heteroatoms. The molecule has 8 nitrogen and oxygen atoms in total. The van der Waals surface area contributed by atoms with Crippen LogP contribution in [0.5, 0.6) is 11.5 Å². The molecule has 0 radical (unpaired) electrons. The molecular formula is C27H34N4O4S. The first-order valence-electron chi connectivity index (χ1n) is 13.0. The third-order valence-electron chi connectivity index (χ3n) is 7.21. The summed E-state index contributed by atoms with van der Waals surface area (Å²) in [7, 11) is 0. The van der Waals surface area contributed by atoms with Crippen LogP contribution in [0, 0.1) is 0 Å². The molecule has 1 aliphatic carbocycles. The molecule has 1 aromatic carbocycles. The number of benzene rings is 1. The van der Waals surface area contributed by atoms with Crippen LogP contribution >= 0.6 is 11.3 Å². The summed E-state index contributed by atoms with van der Waals surface area (Å²) in [5.41, 5.74) is 2.71. The number of ether oxygens (including phenoxy) is 2. The minimum absolute atomic E-state index is 0.0298. The fraction of sp³-hybridized carbons (Fsp3) is 0.519. The smallest absolute Gasteiger partial charge is 0.317 e. The Kier molecular flexibility index (Phi) is 7.75. The van der Waals surface area contributed by atoms with Gasteiger partial charge in [-0.2, -0.15) is 0 Å². The number of likely N-dealkylation sites (tertiary alicyclic amines) is 1. The van der Waals surface area contributed by atoms with Crippen molar-refractivity contribution < 1.29 is 19.1 Å². The first kappa shape index (κ1) is 24.6. The highest BCUT2D eigenvalue weighted by atomic mass is 32.1. The lowest BCUT2D eigenvalue weighted by Gasteiger charge is -2.31. The normalized spacial score (nSPS) is 17.6. The van der Waals surface area contributed by atoms with Crippen LogP contribution in [0.2, 0.25) is 0 Å². The first-order valence-corrected chi connectivity index (χ1v) is 13.9. The van der Waals surface area contributed by atoms with Crippen molar-refractivity contribution in [1.29, 1.82) is 0 Å². The molecule has 192 valence electrons. The second-order valence-corrected chi connectivity index (χ2v) is 10.4. The Labute approximate surface area is 216 Å². The number of urea groups is 1. The first-order chi connectivity index (χ1) is 17.6. The van der Waals surface area contributed by atoms with E-state index in [-0.39, 0.29) is 24.6 Å². The molecule has 0 atom stereocenters. The average molecular weight is 511 g/mol. The third kappa shape index (κ3) is 5.51. The molecular weight excluding hydrogens is 476 g/mol. The van der Waals surface area contributed by atoms with Gasteiger partial charge in [0.25, 0.3) is 5.91 Å². The zero-order valence-corrected chi connectivity index (χ0v) is 21.6. The number of thiazole rings is 1. The van der Waals surface area contributed by atoms with Crippen LogP contribution in [0.4, 0.5) is 10.5 Å². The maximum absolute atomic E-state index is 13.3. The molecule has 3 amide bonds. The Morgan fingerprint density at radius 2 is 2.03 bits per heavy atom. The number of nitrogens with one attached hydrogen (secondary N) is 1. The van der Waals surface area contributed by atoms with Gasteiger partial charge < -0.3 is 24.6 Å². The molecule has 1 saturated heterocycles. The Morgan fingerprint density at radius 3 is 2.81 bits per heavy atom. The van der Waals surface area contributed by atoms with E-state index in [1.165, 1.54) is 42.6 Å². The van der Waals surface area contributed by atoms with E-state index in [0.717, 1.165) is 30.0 Å². The molecule has 5 rings (SSSR count). The van der Waals surface area contributed by atoms with Crippen molar-refractivity contribution >= 4 is 29.0 Å². The van der Waals surface area contributed by atoms with Crippen molar-refractivity contribution in [2.75, 3.05) is 37.9 Å². The molecule has 0 bridgehead atoms. The standard InChI is InChI=1S/C27H34N4O4S/c1-2-31(21-8-9-23-24(16-21)35-18-34-23)26(32)22-17-36-25(29-22)20-11-14-30(15-12-20)27(33)28-13-10-19-6-4-3-5-7-19/h6,8-9,16-17,20H,2-5,7,10-15,18H2,1H3,(H,28,33). The van der Waals surface area contributed by atoms with E-state index < -0.39 is 0 Å². The maximum Gasteiger partial charge on any atom is 0.317 e. The lowest BCUT2D eigenvalue weighted by atomic mass is 9.97. The number of carbonyl (C=O) groups is 2. The van der Waals surface area contributed by atoms with Gasteiger partial charge in [0.05, 0.1) is 5.01 Å². The van der Waals surface area contributed by atoms with E-state index in [1.54, 1.807) is 4.90 Å². The number of hydrogen-bond acceptors (Lipinski definition) is 6. The van der Waals surface area contributed by atoms with E-state index in [4.69, 9.17) is 14.5 Å². The van der Waals surface area contributed by atoms with E-state index in [9.17, 15) is 9.59 Å². The Hall–Kier alpha value is -3.07. The lowest BCUT2D eigenvalue weighted by molar-refractivity contribution is 0.0984. The number of hydrogen-bond donors (Lipinski definition) is 1. The average Bonchev–Trinajstić information content (AvgIpc) is 3.60. The molecule has 1 fully saturated rings. The van der Waals surface area contributed by atoms with Gasteiger partial charge in [-0.25, -0.2) is 9.78 Å². The summed E-state index contributed by atoms with van der Waals surface area (Å²) >= 11 is 1.54. The van der Waals surface area contributed by atoms with Gasteiger partial charge in [0.15, 0.2) is 11.5 Å². The van der Waals surface area contributed by atoms with Crippen molar-refractivity contribution in [2.24, 2.45) is 0 Å². The lowest BCUT2D eigenvalue weighted by Crippen LogP contribution is -2.44. The quantitative estimate of drug-likeness (QED) is 0.510. The van der Waals surface area contributed by atoms with Gasteiger partial charge in [-0.3, -0.25) is 4.79 Å². The molecule has 36 heavy (non-hydrogen) atoms. The van der Waals surface area contributed by atoms with Gasteiger partial charge >= 0.3 is 6.03 Å². The summed E-state index contributed by atoms with van der Waals surface area (Å²) in [6.07, 6.45) is 9.92. The minimum atomic E-state index is -0.122. The van der Waals surface area contributed by atoms with Crippen molar-refractivity contribution in [3.8, 4) is 11.5 Å². The van der Waals surface area contributed by atoms with Crippen LogP contribution in [0.25, 0.3) is 0 Å². The van der Waals surface area contributed by atoms with Gasteiger partial charge in [-0.15, -0.1) is 11.3 Å². The second-order valence-electron chi connectivity index (χ2n) is 9.51. The summed E-state index contributed by atoms with van der Waals surface area (Å²) in [6, 6.07) is 5.57. The molecule has 2 aliphatic heterocycles. The summed E-state index contributed by atoms with van der Waals surface area (Å²) < 4.78 is 10.9. The van der Waals surface area contributed by atoms with E-state index in [1.807, 2.05) is 35.4 Å². The van der Waals surface area contributed by atoms with E-state index >= 15 is 0 Å². The highest BCUT2D eigenvalue weighted by molar-refractivity contribution is 7.10. The summed E-state index contributed by atoms with van der Waals surface area (Å²) in [5, 5.41) is 5.92. The zero-order valence-electron chi connectivity index (χ0n) is 20.8. The van der Waals surface area contributed by atoms with Crippen LogP contribution in [-0.2, 0) is 0 Å². The van der Waals surface area contributed by atoms with E-state index in [2.05, 4.69) is 11.4 Å². The summed E-state index contributed by atoms with van der Waals surface area (Å²) in [4.78, 5) is 34.2. The van der Waals surface area contributed by atoms with Crippen LogP contribution < -0.4 is 19.7 Å². The van der Waals surface area contributed by atoms with Crippen LogP contribution in [0.1, 0.15) is 73.3 Å². The summed E-state index contributed by atoms with van der Waals surface area (Å²) in [5.74, 6) is 1.50. The van der Waals surface area contributed by atoms with Crippen LogP contribution in [-0.4, -0.2) is 54.8 Å². The fourth-order valence-electron chi connectivity index (χ4n) is 5.11. The van der Waals surface area contributed by atoms with Crippen LogP contribution in [0.15, 0.2) is 35.2 Å². The molecule has 0 saturated carbocycles. The number of nitrogens with zero attached hydrogens (tertiary/aromatic N) is 3. The van der Waals surface area contributed by atoms with E-state index in [0.29, 0.717) is 43.4 Å². The second kappa shape index (κ2) is 11.3. The van der Waals surface area contributed by atoms with Gasteiger partial charge in [0, 0.05) is 49.2 Å². The fourth-order valence-corrected chi connectivity index (χ4v) is 6.08. The third-order valence-corrected chi connectivity index (χ3v) is 8.22. The molecule has 3 aliphatic rings. The van der Waals surface area contributed by atoms with Crippen LogP contribution in [0.3, 0.4) is 0 Å². The Morgan fingerprint density at radius 1 is 1.19 bits per heavy atom. The molecule has 0 spiro atoms. The minimum Gasteiger partial charge on any atom is -0.454 e. The number of anilines is 1. The molecule has 0 unspecified atom stereocenters. The van der Waals surface area contributed by atoms with Crippen molar-refractivity contribution in [2.45, 2.75) is 57.8 Å². The highest BCUT2D eigenvalue weighted by Gasteiger charge is 2.28. The maximum atomic E-state index is 13.3. The topological polar surface area (TPSA) is 84.0 Å². The zero-order chi connectivity index (χ0) is 24.9. The Bertz CT molecular complexity index is 1120. The number of carbonyl (C=O) groups excluding carboxylic acids is 2. The van der Waals surface area contributed by atoms with Gasteiger partial charge in [-0.1, -0.05) is 11.6 Å². The number of allylic oxidation sites excluding steroid dienone is 1. The Balaban J connectivity index is 1.13. The molecule has 1 N–H and O–H groups in total. The van der Waals surface area contributed by atoms with Crippen molar-refractivity contribution in [3.05, 3.63) is 45.9 Å². The van der Waals surface area contributed by atoms with Crippen molar-refractivity contribution in [1.82, 2.24) is 15.2 Å². The van der Waals surface area contributed by atoms with Gasteiger partial charge in [0.1, 0.15) is 5.69 Å². The number of rotatable bonds is 7. The molecule has 1 aromatic heterocycles. The highest BCUT2D eigenvalue weighted by Crippen LogP contribution is 2.36. The largest absolute Gasteiger partial charge is 0.454 e. The number of amides is 3. The summed E-state index contributed by atoms with van der Waals surface area (Å²) in [6.45, 7) is 4.80.